The van der Waals surface area contributed by atoms with Crippen molar-refractivity contribution in [1.29, 1.82) is 0 Å². The third-order valence-corrected chi connectivity index (χ3v) is 6.02. The van der Waals surface area contributed by atoms with Crippen molar-refractivity contribution >= 4 is 28.5 Å². The molecule has 3 aromatic rings. The van der Waals surface area contributed by atoms with Crippen molar-refractivity contribution in [2.75, 3.05) is 6.61 Å². The van der Waals surface area contributed by atoms with E-state index in [0.717, 1.165) is 46.7 Å². The molecule has 4 nitrogen and oxygen atoms in total. The smallest absolute Gasteiger partial charge is 0.341 e. The molecule has 0 aliphatic heterocycles. The van der Waals surface area contributed by atoms with Crippen molar-refractivity contribution in [1.82, 2.24) is 0 Å². The number of esters is 1. The Morgan fingerprint density at radius 1 is 1.14 bits per heavy atom. The lowest BCUT2D eigenvalue weighted by molar-refractivity contribution is 0.0527. The van der Waals surface area contributed by atoms with Crippen molar-refractivity contribution in [2.24, 2.45) is 4.99 Å². The molecule has 0 atom stereocenters. The highest BCUT2D eigenvalue weighted by atomic mass is 32.1. The number of hydrogen-bond donors (Lipinski definition) is 0. The average Bonchev–Trinajstić information content (AvgIpc) is 3.33. The minimum absolute atomic E-state index is 0.265. The van der Waals surface area contributed by atoms with Crippen LogP contribution < -0.4 is 4.74 Å². The summed E-state index contributed by atoms with van der Waals surface area (Å²) in [7, 11) is 0. The van der Waals surface area contributed by atoms with Crippen molar-refractivity contribution < 1.29 is 14.3 Å². The highest BCUT2D eigenvalue weighted by Crippen LogP contribution is 2.41. The van der Waals surface area contributed by atoms with E-state index in [9.17, 15) is 4.79 Å². The topological polar surface area (TPSA) is 47.9 Å². The number of nitrogens with zero attached hydrogens (tertiary/aromatic N) is 1. The van der Waals surface area contributed by atoms with E-state index in [1.54, 1.807) is 17.6 Å². The SMILES string of the molecule is CCOC(=O)c1c(N=Cc2cccc(OCc3ccccc3)c2)sc2c1CCC2. The molecule has 1 heterocycles. The predicted octanol–water partition coefficient (Wildman–Crippen LogP) is 5.74. The molecular formula is C24H23NO3S. The second kappa shape index (κ2) is 9.05. The Morgan fingerprint density at radius 3 is 2.83 bits per heavy atom. The fourth-order valence-corrected chi connectivity index (χ4v) is 4.67. The number of fused-ring (bicyclic) bond motifs is 1. The number of aliphatic imine (C=N–C) groups is 1. The van der Waals surface area contributed by atoms with Crippen LogP contribution in [0.15, 0.2) is 59.6 Å². The molecule has 0 fully saturated rings. The summed E-state index contributed by atoms with van der Waals surface area (Å²) in [5.74, 6) is 0.524. The first-order valence-corrected chi connectivity index (χ1v) is 10.7. The van der Waals surface area contributed by atoms with Gasteiger partial charge in [0.2, 0.25) is 0 Å². The van der Waals surface area contributed by atoms with Crippen molar-refractivity contribution in [3.05, 3.63) is 81.7 Å². The molecule has 0 amide bonds. The summed E-state index contributed by atoms with van der Waals surface area (Å²) in [6.45, 7) is 2.72. The standard InChI is InChI=1S/C24H23NO3S/c1-2-27-24(26)22-20-12-7-13-21(20)29-23(22)25-15-18-10-6-11-19(14-18)28-16-17-8-4-3-5-9-17/h3-6,8-11,14-15H,2,7,12-13,16H2,1H3. The molecule has 0 bridgehead atoms. The van der Waals surface area contributed by atoms with Gasteiger partial charge in [0.1, 0.15) is 17.4 Å². The van der Waals surface area contributed by atoms with Gasteiger partial charge in [-0.15, -0.1) is 11.3 Å². The number of carbonyl (C=O) groups excluding carboxylic acids is 1. The van der Waals surface area contributed by atoms with Crippen LogP contribution in [0.3, 0.4) is 0 Å². The van der Waals surface area contributed by atoms with Crippen molar-refractivity contribution in [3.8, 4) is 5.75 Å². The van der Waals surface area contributed by atoms with E-state index in [2.05, 4.69) is 4.99 Å². The average molecular weight is 406 g/mol. The zero-order chi connectivity index (χ0) is 20.1. The fourth-order valence-electron chi connectivity index (χ4n) is 3.45. The van der Waals surface area contributed by atoms with E-state index in [1.165, 1.54) is 4.88 Å². The lowest BCUT2D eigenvalue weighted by atomic mass is 10.1. The Balaban J connectivity index is 1.52. The van der Waals surface area contributed by atoms with Crippen LogP contribution in [-0.2, 0) is 24.2 Å². The molecule has 0 N–H and O–H groups in total. The Bertz CT molecular complexity index is 1020. The van der Waals surface area contributed by atoms with Gasteiger partial charge in [-0.05, 0) is 55.0 Å². The quantitative estimate of drug-likeness (QED) is 0.372. The second-order valence-electron chi connectivity index (χ2n) is 6.86. The number of hydrogen-bond acceptors (Lipinski definition) is 5. The molecule has 29 heavy (non-hydrogen) atoms. The van der Waals surface area contributed by atoms with Crippen LogP contribution >= 0.6 is 11.3 Å². The van der Waals surface area contributed by atoms with Crippen LogP contribution in [0, 0.1) is 0 Å². The van der Waals surface area contributed by atoms with Crippen LogP contribution in [0.4, 0.5) is 5.00 Å². The summed E-state index contributed by atoms with van der Waals surface area (Å²) >= 11 is 1.60. The van der Waals surface area contributed by atoms with E-state index in [0.29, 0.717) is 18.8 Å². The zero-order valence-electron chi connectivity index (χ0n) is 16.4. The van der Waals surface area contributed by atoms with Gasteiger partial charge < -0.3 is 9.47 Å². The zero-order valence-corrected chi connectivity index (χ0v) is 17.2. The molecule has 0 spiro atoms. The largest absolute Gasteiger partial charge is 0.489 e. The Labute approximate surface area is 174 Å². The van der Waals surface area contributed by atoms with Gasteiger partial charge in [-0.2, -0.15) is 0 Å². The number of carbonyl (C=O) groups is 1. The molecule has 2 aromatic carbocycles. The maximum atomic E-state index is 12.5. The molecule has 1 aromatic heterocycles. The minimum Gasteiger partial charge on any atom is -0.489 e. The van der Waals surface area contributed by atoms with Crippen LogP contribution in [0.25, 0.3) is 0 Å². The van der Waals surface area contributed by atoms with Crippen LogP contribution in [-0.4, -0.2) is 18.8 Å². The van der Waals surface area contributed by atoms with Gasteiger partial charge in [-0.25, -0.2) is 9.79 Å². The Morgan fingerprint density at radius 2 is 2.00 bits per heavy atom. The van der Waals surface area contributed by atoms with Gasteiger partial charge >= 0.3 is 5.97 Å². The lowest BCUT2D eigenvalue weighted by Gasteiger charge is -2.07. The summed E-state index contributed by atoms with van der Waals surface area (Å²) in [5, 5.41) is 0.740. The molecule has 5 heteroatoms. The van der Waals surface area contributed by atoms with E-state index in [4.69, 9.17) is 9.47 Å². The summed E-state index contributed by atoms with van der Waals surface area (Å²) in [6.07, 6.45) is 4.83. The molecule has 0 saturated heterocycles. The highest BCUT2D eigenvalue weighted by molar-refractivity contribution is 7.16. The monoisotopic (exact) mass is 405 g/mol. The van der Waals surface area contributed by atoms with E-state index in [1.807, 2.05) is 61.5 Å². The third kappa shape index (κ3) is 4.57. The van der Waals surface area contributed by atoms with Gasteiger partial charge in [0.05, 0.1) is 12.2 Å². The highest BCUT2D eigenvalue weighted by Gasteiger charge is 2.27. The summed E-state index contributed by atoms with van der Waals surface area (Å²) in [4.78, 5) is 18.4. The maximum absolute atomic E-state index is 12.5. The van der Waals surface area contributed by atoms with E-state index in [-0.39, 0.29) is 5.97 Å². The third-order valence-electron chi connectivity index (χ3n) is 4.82. The second-order valence-corrected chi connectivity index (χ2v) is 7.95. The molecule has 4 rings (SSSR count). The van der Waals surface area contributed by atoms with E-state index >= 15 is 0 Å². The van der Waals surface area contributed by atoms with Gasteiger partial charge in [0.25, 0.3) is 0 Å². The van der Waals surface area contributed by atoms with Gasteiger partial charge in [-0.1, -0.05) is 42.5 Å². The molecule has 1 aliphatic carbocycles. The molecule has 148 valence electrons. The summed E-state index contributed by atoms with van der Waals surface area (Å²) in [5.41, 5.74) is 3.83. The lowest BCUT2D eigenvalue weighted by Crippen LogP contribution is -2.06. The number of aryl methyl sites for hydroxylation is 1. The van der Waals surface area contributed by atoms with Crippen molar-refractivity contribution in [2.45, 2.75) is 32.8 Å². The first kappa shape index (κ1) is 19.4. The summed E-state index contributed by atoms with van der Waals surface area (Å²) < 4.78 is 11.2. The molecule has 0 saturated carbocycles. The van der Waals surface area contributed by atoms with E-state index < -0.39 is 0 Å². The summed E-state index contributed by atoms with van der Waals surface area (Å²) in [6, 6.07) is 17.9. The number of rotatable bonds is 7. The van der Waals surface area contributed by atoms with Crippen LogP contribution in [0.2, 0.25) is 0 Å². The van der Waals surface area contributed by atoms with Crippen LogP contribution in [0.5, 0.6) is 5.75 Å². The molecular weight excluding hydrogens is 382 g/mol. The van der Waals surface area contributed by atoms with Gasteiger partial charge in [-0.3, -0.25) is 0 Å². The predicted molar refractivity (Wildman–Crippen MR) is 117 cm³/mol. The molecule has 0 radical (unpaired) electrons. The number of benzene rings is 2. The fraction of sp³-hybridized carbons (Fsp3) is 0.250. The van der Waals surface area contributed by atoms with Gasteiger partial charge in [0, 0.05) is 11.1 Å². The molecule has 1 aliphatic rings. The maximum Gasteiger partial charge on any atom is 0.341 e. The van der Waals surface area contributed by atoms with Crippen molar-refractivity contribution in [3.63, 3.8) is 0 Å². The Hall–Kier alpha value is -2.92. The first-order chi connectivity index (χ1) is 14.2. The first-order valence-electron chi connectivity index (χ1n) is 9.87. The number of thiophene rings is 1. The minimum atomic E-state index is -0.265. The number of ether oxygens (including phenoxy) is 2. The van der Waals surface area contributed by atoms with Crippen LogP contribution in [0.1, 0.15) is 45.3 Å². The van der Waals surface area contributed by atoms with Gasteiger partial charge in [0.15, 0.2) is 0 Å². The Kier molecular flexibility index (Phi) is 6.06. The normalized spacial score (nSPS) is 12.9. The molecule has 0 unspecified atom stereocenters.